The Bertz CT molecular complexity index is 7640. The Morgan fingerprint density at radius 1 is 0.390 bits per heavy atom. The Hall–Kier alpha value is -14.4. The number of anilines is 5. The third-order valence-electron chi connectivity index (χ3n) is 19.7. The second-order valence-corrected chi connectivity index (χ2v) is 34.6. The van der Waals surface area contributed by atoms with Gasteiger partial charge in [0.05, 0.1) is 184 Å². The van der Waals surface area contributed by atoms with E-state index in [0.717, 1.165) is 31.0 Å². The fourth-order valence-corrected chi connectivity index (χ4v) is 16.3. The van der Waals surface area contributed by atoms with Crippen molar-refractivity contribution in [2.24, 2.45) is 7.05 Å². The number of aryl methyl sites for hydroxylation is 1. The number of benzene rings is 12. The van der Waals surface area contributed by atoms with Gasteiger partial charge in [-0.25, -0.2) is 78.1 Å². The summed E-state index contributed by atoms with van der Waals surface area (Å²) in [4.78, 5) is 125. The van der Waals surface area contributed by atoms with Gasteiger partial charge in [-0.05, 0) is 160 Å². The van der Waals surface area contributed by atoms with Crippen molar-refractivity contribution in [2.45, 2.75) is 0 Å². The number of nitrogens with one attached hydrogen (secondary N) is 1. The Morgan fingerprint density at radius 2 is 0.733 bits per heavy atom. The predicted molar refractivity (Wildman–Crippen MR) is 577 cm³/mol. The molecule has 750 valence electrons. The van der Waals surface area contributed by atoms with Crippen LogP contribution in [-0.2, 0) is 35.5 Å². The smallest absolute Gasteiger partial charge is 0.488 e. The Labute approximate surface area is 902 Å². The summed E-state index contributed by atoms with van der Waals surface area (Å²) in [6.45, 7) is 0. The minimum absolute atomic E-state index is 0.0489. The van der Waals surface area contributed by atoms with Crippen molar-refractivity contribution < 1.29 is 91.4 Å². The van der Waals surface area contributed by atoms with Crippen LogP contribution in [0, 0.1) is 3.57 Å². The maximum Gasteiger partial charge on any atom is 0.488 e. The number of esters is 6. The van der Waals surface area contributed by atoms with Gasteiger partial charge >= 0.3 is 48.9 Å². The van der Waals surface area contributed by atoms with Crippen LogP contribution in [0.2, 0.25) is 40.2 Å². The van der Waals surface area contributed by atoms with Crippen molar-refractivity contribution >= 4 is 280 Å². The number of methoxy groups -OCH3 is 8. The molecule has 0 radical (unpaired) electrons. The molecule has 146 heavy (non-hydrogen) atoms. The summed E-state index contributed by atoms with van der Waals surface area (Å²) in [5, 5.41) is 45.0. The van der Waals surface area contributed by atoms with Crippen LogP contribution in [0.25, 0.3) is 77.0 Å². The number of fused-ring (bicyclic) bond motifs is 4. The average molecular weight is 2380 g/mol. The van der Waals surface area contributed by atoms with E-state index in [1.165, 1.54) is 129 Å². The number of halogens is 11. The first-order valence-electron chi connectivity index (χ1n) is 41.3. The number of carbonyl (C=O) groups is 8. The van der Waals surface area contributed by atoms with E-state index in [9.17, 15) is 43.5 Å². The van der Waals surface area contributed by atoms with Gasteiger partial charge in [0.1, 0.15) is 36.8 Å². The van der Waals surface area contributed by atoms with E-state index in [2.05, 4.69) is 116 Å². The summed E-state index contributed by atoms with van der Waals surface area (Å²) in [6.07, 6.45) is 12.2. The van der Waals surface area contributed by atoms with Gasteiger partial charge in [0.2, 0.25) is 5.95 Å². The lowest BCUT2D eigenvalue weighted by atomic mass is 9.81. The number of rotatable bonds is 15. The van der Waals surface area contributed by atoms with E-state index in [1.54, 1.807) is 86.4 Å². The third-order valence-corrected chi connectivity index (χ3v) is 25.6. The van der Waals surface area contributed by atoms with Crippen molar-refractivity contribution in [3.8, 4) is 44.9 Å². The zero-order chi connectivity index (χ0) is 107. The number of tetrazole rings is 1. The van der Waals surface area contributed by atoms with Gasteiger partial charge < -0.3 is 76.0 Å². The van der Waals surface area contributed by atoms with Gasteiger partial charge in [0.15, 0.2) is 0 Å². The molecule has 17 rings (SSSR count). The van der Waals surface area contributed by atoms with Gasteiger partial charge in [-0.3, -0.25) is 10.1 Å². The molecular weight excluding hydrogens is 2300 g/mol. The lowest BCUT2D eigenvalue weighted by Crippen LogP contribution is -2.29. The standard InChI is InChI=1S/C17H12ClN7O.C16H11ClN2O2.C15H9ClN2O2.C10H6BrClN2O2.C9H9BrClNO3.C9H10ClNO3.C8H7ClINO2.C8H8ClNO2.C6H7BO2/c1-25-17(22-23-24-25)21-16(26)12-7-11-8-19-9-20-15(11)13(14(12)18)10-5-3-2-4-6-10;1-21-16(20)12-7-11-8-18-9-19-15(11)13(14(12)17)10-5-3-2-4-6-10;16-13-11(15(19)20)6-10-7-17-8-18-14(10)12(13)9-4-2-1-3-5-9;1-16-10(15)6-2-5-3-13-4-14-9(5)7(11)8(6)12;1-14-5-3-4(9(13)15-2)7(11)6(10)8(5)12;1-13-8-3-5(9(12)14-2)6(10)4-7(8)11;1-13-8(12)4-2-6(10)7(11)3-5(4)9;1-12-8(11)6-3-2-5(10)4-7(6)9;8-7(9)6-4-2-1-3-5-6/h2-9H,1H3,(H,21,22,24,26);2-9H,1H3;1-8H,(H,19,20);2-4H,1H3;3H,12H2,1-2H3;3-4H,11H2,1-2H3;2-3H,11H2,1H3;2-4H,10H2,1H3;1-5,8-9H. The second-order valence-electron chi connectivity index (χ2n) is 28.8. The number of nitrogens with zero attached hydrogens (tertiary/aromatic N) is 12. The van der Waals surface area contributed by atoms with E-state index < -0.39 is 54.8 Å². The number of carboxylic acids is 1. The normalized spacial score (nSPS) is 10.2. The fourth-order valence-electron chi connectivity index (χ4n) is 12.7. The van der Waals surface area contributed by atoms with Crippen molar-refractivity contribution in [1.29, 1.82) is 0 Å². The molecule has 0 fully saturated rings. The number of carboxylic acid groups (broad SMARTS) is 1. The van der Waals surface area contributed by atoms with Crippen molar-refractivity contribution in [1.82, 2.24) is 60.1 Å². The highest BCUT2D eigenvalue weighted by molar-refractivity contribution is 14.1. The average Bonchev–Trinajstić information content (AvgIpc) is 1.14. The first-order valence-corrected chi connectivity index (χ1v) is 47.0. The molecule has 1 amide bonds. The second kappa shape index (κ2) is 55.6. The van der Waals surface area contributed by atoms with E-state index in [4.69, 9.17) is 140 Å². The fraction of sp³-hybridized carbons (Fsp3) is 0.0918. The molecular formula is C98H79BBr2Cl8IN17O19. The highest BCUT2D eigenvalue weighted by atomic mass is 127. The molecule has 48 heteroatoms. The van der Waals surface area contributed by atoms with Gasteiger partial charge in [-0.1, -0.05) is 219 Å². The van der Waals surface area contributed by atoms with E-state index in [0.29, 0.717) is 141 Å². The summed E-state index contributed by atoms with van der Waals surface area (Å²) in [5.74, 6) is -3.46. The molecule has 17 aromatic rings. The van der Waals surface area contributed by atoms with Gasteiger partial charge in [0, 0.05) is 85.0 Å². The summed E-state index contributed by atoms with van der Waals surface area (Å²) in [7, 11) is 11.0. The third kappa shape index (κ3) is 29.7. The minimum Gasteiger partial charge on any atom is -0.495 e. The molecule has 0 saturated heterocycles. The van der Waals surface area contributed by atoms with Crippen molar-refractivity contribution in [2.75, 3.05) is 85.1 Å². The monoisotopic (exact) mass is 2370 g/mol. The quantitative estimate of drug-likeness (QED) is 0.0155. The van der Waals surface area contributed by atoms with Crippen molar-refractivity contribution in [3.63, 3.8) is 0 Å². The lowest BCUT2D eigenvalue weighted by Gasteiger charge is -2.13. The molecule has 12 aromatic carbocycles. The number of nitrogens with two attached hydrogens (primary N) is 4. The molecule has 0 saturated carbocycles. The SMILES string of the molecule is COC(=O)c1cc(I)c(N)cc1Cl.COC(=O)c1cc(OC)c(N)c(Br)c1Cl.COC(=O)c1cc(OC)c(N)cc1Cl.COC(=O)c1cc2cncnc2c(-c2ccccc2)c1Cl.COC(=O)c1cc2cncnc2c(Br)c1Cl.COC(=O)c1ccc(N)cc1Cl.Cn1nnnc1NC(=O)c1cc2cncnc2c(-c2ccccc2)c1Cl.O=C(O)c1cc2cncnc2c(-c2ccccc2)c1Cl.OB(O)c1ccccc1. The van der Waals surface area contributed by atoms with Crippen LogP contribution in [0.3, 0.4) is 0 Å². The number of nitrogen functional groups attached to an aromatic ring is 4. The van der Waals surface area contributed by atoms with Crippen LogP contribution < -0.4 is 43.2 Å². The van der Waals surface area contributed by atoms with Gasteiger partial charge in [0.25, 0.3) is 5.91 Å². The molecule has 0 unspecified atom stereocenters. The van der Waals surface area contributed by atoms with Gasteiger partial charge in [-0.2, -0.15) is 0 Å². The molecule has 0 aliphatic carbocycles. The number of ether oxygens (including phenoxy) is 8. The van der Waals surface area contributed by atoms with E-state index in [1.807, 2.05) is 120 Å². The number of hydrogen-bond donors (Lipinski definition) is 8. The summed E-state index contributed by atoms with van der Waals surface area (Å²) < 4.78 is 40.6. The van der Waals surface area contributed by atoms with E-state index in [-0.39, 0.29) is 48.3 Å². The highest BCUT2D eigenvalue weighted by Crippen LogP contribution is 2.43. The highest BCUT2D eigenvalue weighted by Gasteiger charge is 2.27. The number of amides is 1. The zero-order valence-corrected chi connectivity index (χ0v) is 88.8. The van der Waals surface area contributed by atoms with Crippen LogP contribution in [0.1, 0.15) is 82.9 Å². The van der Waals surface area contributed by atoms with Crippen LogP contribution in [-0.4, -0.2) is 187 Å². The Kier molecular flexibility index (Phi) is 43.9. The molecule has 0 aliphatic rings. The van der Waals surface area contributed by atoms with E-state index >= 15 is 0 Å². The molecule has 0 atom stereocenters. The molecule has 0 bridgehead atoms. The lowest BCUT2D eigenvalue weighted by molar-refractivity contribution is 0.0591. The first-order chi connectivity index (χ1) is 69.8. The zero-order valence-electron chi connectivity index (χ0n) is 77.4. The molecule has 5 heterocycles. The molecule has 5 aromatic heterocycles. The largest absolute Gasteiger partial charge is 0.495 e. The Balaban J connectivity index is 0.000000186. The predicted octanol–water partition coefficient (Wildman–Crippen LogP) is 20.5. The molecule has 36 nitrogen and oxygen atoms in total. The Morgan fingerprint density at radius 3 is 1.13 bits per heavy atom. The van der Waals surface area contributed by atoms with Gasteiger partial charge in [-0.15, -0.1) is 0 Å². The molecule has 12 N–H and O–H groups in total. The minimum atomic E-state index is -1.34. The number of aromatic carboxylic acids is 1. The number of hydrogen-bond acceptors (Lipinski definition) is 33. The van der Waals surface area contributed by atoms with Crippen LogP contribution >= 0.6 is 147 Å². The topological polar surface area (TPSA) is 534 Å². The van der Waals surface area contributed by atoms with Crippen LogP contribution in [0.5, 0.6) is 11.5 Å². The van der Waals surface area contributed by atoms with Crippen molar-refractivity contribution in [3.05, 3.63) is 341 Å². The summed E-state index contributed by atoms with van der Waals surface area (Å²) >= 11 is 57.1. The number of aromatic nitrogens is 12. The maximum absolute atomic E-state index is 12.8. The number of carbonyl (C=O) groups excluding carboxylic acids is 7. The first kappa shape index (κ1) is 115. The van der Waals surface area contributed by atoms with Crippen LogP contribution in [0.4, 0.5) is 28.7 Å². The summed E-state index contributed by atoms with van der Waals surface area (Å²) in [6, 6.07) is 55.6. The van der Waals surface area contributed by atoms with Crippen LogP contribution in [0.15, 0.2) is 253 Å². The summed E-state index contributed by atoms with van der Waals surface area (Å²) in [5.41, 5.74) is 33.9. The molecule has 0 spiro atoms. The molecule has 0 aliphatic heterocycles. The maximum atomic E-state index is 12.8.